The third-order valence-corrected chi connectivity index (χ3v) is 6.40. The molecule has 0 unspecified atom stereocenters. The molecule has 1 amide bonds. The Morgan fingerprint density at radius 1 is 1.26 bits per heavy atom. The van der Waals surface area contributed by atoms with E-state index >= 15 is 0 Å². The number of morpholine rings is 1. The Morgan fingerprint density at radius 2 is 2.09 bits per heavy atom. The molecule has 2 aliphatic rings. The molecule has 1 aliphatic carbocycles. The maximum absolute atomic E-state index is 12.5. The van der Waals surface area contributed by atoms with Crippen LogP contribution in [0.1, 0.15) is 14.7 Å². The van der Waals surface area contributed by atoms with Crippen LogP contribution >= 0.6 is 0 Å². The second-order valence-electron chi connectivity index (χ2n) is 8.71. The van der Waals surface area contributed by atoms with E-state index in [0.717, 1.165) is 25.2 Å². The number of ether oxygens (including phenoxy) is 1. The number of rotatable bonds is 5. The van der Waals surface area contributed by atoms with Crippen LogP contribution in [0.15, 0.2) is 30.6 Å². The molecular formula is C23H25N9O2. The molecule has 2 atom stereocenters. The molecule has 1 saturated carbocycles. The van der Waals surface area contributed by atoms with Crippen LogP contribution in [0.2, 0.25) is 0 Å². The molecule has 0 spiro atoms. The van der Waals surface area contributed by atoms with Crippen molar-refractivity contribution in [2.75, 3.05) is 48.9 Å². The molecule has 11 heteroatoms. The molecule has 34 heavy (non-hydrogen) atoms. The van der Waals surface area contributed by atoms with Crippen molar-refractivity contribution < 1.29 is 10.9 Å². The average Bonchev–Trinajstić information content (AvgIpc) is 3.45. The van der Waals surface area contributed by atoms with Gasteiger partial charge in [-0.1, -0.05) is 6.92 Å². The summed E-state index contributed by atoms with van der Waals surface area (Å²) < 4.78 is 15.7. The lowest BCUT2D eigenvalue weighted by atomic mass is 10.1. The number of carbonyl (C=O) groups is 1. The van der Waals surface area contributed by atoms with E-state index in [1.54, 1.807) is 19.3 Å². The first-order valence-corrected chi connectivity index (χ1v) is 11.4. The van der Waals surface area contributed by atoms with E-state index in [1.807, 2.05) is 12.1 Å². The third-order valence-electron chi connectivity index (χ3n) is 6.40. The molecule has 1 saturated heterocycles. The summed E-state index contributed by atoms with van der Waals surface area (Å²) in [5, 5.41) is 19.8. The first-order valence-electron chi connectivity index (χ1n) is 11.9. The van der Waals surface area contributed by atoms with Gasteiger partial charge in [-0.2, -0.15) is 0 Å². The van der Waals surface area contributed by atoms with Crippen molar-refractivity contribution in [2.24, 2.45) is 11.8 Å². The fourth-order valence-corrected chi connectivity index (χ4v) is 4.27. The number of fused-ring (bicyclic) bond motifs is 2. The number of amides is 1. The van der Waals surface area contributed by atoms with Gasteiger partial charge < -0.3 is 20.3 Å². The van der Waals surface area contributed by atoms with Crippen LogP contribution in [0.4, 0.5) is 17.3 Å². The minimum absolute atomic E-state index is 0.0218. The van der Waals surface area contributed by atoms with Crippen molar-refractivity contribution >= 4 is 39.8 Å². The molecule has 0 bridgehead atoms. The summed E-state index contributed by atoms with van der Waals surface area (Å²) >= 11 is 0. The Hall–Kier alpha value is -3.86. The number of aromatic nitrogens is 6. The molecule has 2 N–H and O–H groups in total. The van der Waals surface area contributed by atoms with Crippen LogP contribution in [0.5, 0.6) is 0 Å². The van der Waals surface area contributed by atoms with Crippen LogP contribution in [-0.4, -0.2) is 69.0 Å². The standard InChI is InChI=1S/C23H25N9O2/c1-13-9-15(13)23(33)26-18-10-16-17(11-25-22(24-2)20(16)29-28-18)21-27-19-4-3-14(12-32(19)30-21)31-5-7-34-8-6-31/h3-4,10-13,15H,5-9H2,1-2H3,(H,24,25)(H,26,28,33)/t13-,15+/m1/s1/i12D. The summed E-state index contributed by atoms with van der Waals surface area (Å²) in [5.74, 6) is 1.71. The highest BCUT2D eigenvalue weighted by Crippen LogP contribution is 2.38. The Kier molecular flexibility index (Phi) is 4.71. The molecule has 2 fully saturated rings. The van der Waals surface area contributed by atoms with Gasteiger partial charge in [0.2, 0.25) is 5.91 Å². The molecule has 5 heterocycles. The number of nitrogens with zero attached hydrogens (tertiary/aromatic N) is 7. The molecule has 174 valence electrons. The third kappa shape index (κ3) is 3.67. The van der Waals surface area contributed by atoms with E-state index < -0.39 is 0 Å². The van der Waals surface area contributed by atoms with E-state index in [1.165, 1.54) is 4.52 Å². The number of carbonyl (C=O) groups excluding carboxylic acids is 1. The van der Waals surface area contributed by atoms with E-state index in [0.29, 0.717) is 58.7 Å². The van der Waals surface area contributed by atoms with Crippen molar-refractivity contribution in [2.45, 2.75) is 13.3 Å². The predicted octanol–water partition coefficient (Wildman–Crippen LogP) is 2.21. The number of nitrogens with one attached hydrogen (secondary N) is 2. The zero-order chi connectivity index (χ0) is 24.1. The van der Waals surface area contributed by atoms with Crippen LogP contribution in [0.25, 0.3) is 27.9 Å². The lowest BCUT2D eigenvalue weighted by molar-refractivity contribution is -0.117. The summed E-state index contributed by atoms with van der Waals surface area (Å²) in [7, 11) is 1.76. The minimum Gasteiger partial charge on any atom is -0.378 e. The second kappa shape index (κ2) is 8.17. The summed E-state index contributed by atoms with van der Waals surface area (Å²) in [6.07, 6.45) is 2.82. The van der Waals surface area contributed by atoms with Crippen molar-refractivity contribution in [1.29, 1.82) is 0 Å². The van der Waals surface area contributed by atoms with Crippen molar-refractivity contribution in [3.63, 3.8) is 0 Å². The summed E-state index contributed by atoms with van der Waals surface area (Å²) in [6, 6.07) is 5.54. The highest BCUT2D eigenvalue weighted by Gasteiger charge is 2.39. The number of hydrogen-bond donors (Lipinski definition) is 2. The Balaban J connectivity index is 1.43. The van der Waals surface area contributed by atoms with Gasteiger partial charge in [0.05, 0.1) is 26.4 Å². The van der Waals surface area contributed by atoms with Crippen molar-refractivity contribution in [3.05, 3.63) is 30.6 Å². The Labute approximate surface area is 197 Å². The van der Waals surface area contributed by atoms with Crippen molar-refractivity contribution in [3.8, 4) is 11.4 Å². The van der Waals surface area contributed by atoms with Gasteiger partial charge in [-0.05, 0) is 30.5 Å². The van der Waals surface area contributed by atoms with Gasteiger partial charge in [0.1, 0.15) is 5.52 Å². The summed E-state index contributed by atoms with van der Waals surface area (Å²) in [6.45, 7) is 4.78. The molecule has 6 rings (SSSR count). The Morgan fingerprint density at radius 3 is 2.85 bits per heavy atom. The monoisotopic (exact) mass is 460 g/mol. The fourth-order valence-electron chi connectivity index (χ4n) is 4.27. The van der Waals surface area contributed by atoms with Gasteiger partial charge in [0, 0.05) is 43.2 Å². The van der Waals surface area contributed by atoms with Gasteiger partial charge in [-0.3, -0.25) is 4.79 Å². The second-order valence-corrected chi connectivity index (χ2v) is 8.71. The van der Waals surface area contributed by atoms with Gasteiger partial charge in [-0.15, -0.1) is 15.3 Å². The first kappa shape index (κ1) is 19.6. The quantitative estimate of drug-likeness (QED) is 0.461. The zero-order valence-electron chi connectivity index (χ0n) is 19.9. The number of pyridine rings is 2. The van der Waals surface area contributed by atoms with Crippen LogP contribution < -0.4 is 15.5 Å². The number of hydrogen-bond acceptors (Lipinski definition) is 9. The lowest BCUT2D eigenvalue weighted by Gasteiger charge is -2.28. The van der Waals surface area contributed by atoms with Gasteiger partial charge >= 0.3 is 0 Å². The minimum atomic E-state index is -0.0454. The summed E-state index contributed by atoms with van der Waals surface area (Å²) in [5.41, 5.74) is 2.53. The molecular weight excluding hydrogens is 434 g/mol. The smallest absolute Gasteiger partial charge is 0.228 e. The highest BCUT2D eigenvalue weighted by atomic mass is 16.5. The normalized spacial score (nSPS) is 20.4. The van der Waals surface area contributed by atoms with Crippen LogP contribution in [0, 0.1) is 11.8 Å². The first-order chi connectivity index (χ1) is 17.0. The largest absolute Gasteiger partial charge is 0.378 e. The molecule has 0 aromatic carbocycles. The van der Waals surface area contributed by atoms with E-state index in [4.69, 9.17) is 6.11 Å². The average molecular weight is 461 g/mol. The van der Waals surface area contributed by atoms with Crippen molar-refractivity contribution in [1.82, 2.24) is 29.8 Å². The maximum atomic E-state index is 12.5. The molecule has 1 aliphatic heterocycles. The zero-order valence-corrected chi connectivity index (χ0v) is 18.9. The molecule has 11 nitrogen and oxygen atoms in total. The van der Waals surface area contributed by atoms with Gasteiger partial charge in [0.25, 0.3) is 0 Å². The van der Waals surface area contributed by atoms with E-state index in [-0.39, 0.29) is 18.0 Å². The maximum Gasteiger partial charge on any atom is 0.228 e. The summed E-state index contributed by atoms with van der Waals surface area (Å²) in [4.78, 5) is 23.7. The van der Waals surface area contributed by atoms with E-state index in [9.17, 15) is 4.79 Å². The van der Waals surface area contributed by atoms with Crippen LogP contribution in [-0.2, 0) is 9.53 Å². The lowest BCUT2D eigenvalue weighted by Crippen LogP contribution is -2.36. The Bertz CT molecular complexity index is 1450. The van der Waals surface area contributed by atoms with Gasteiger partial charge in [-0.25, -0.2) is 14.5 Å². The molecule has 0 radical (unpaired) electrons. The topological polar surface area (TPSA) is 122 Å². The van der Waals surface area contributed by atoms with E-state index in [2.05, 4.69) is 47.7 Å². The predicted molar refractivity (Wildman–Crippen MR) is 128 cm³/mol. The molecule has 4 aromatic rings. The molecule has 4 aromatic heterocycles. The SMILES string of the molecule is [2H]c1c(N2CCOCC2)ccc2nc(-c3cnc(NC)c4nnc(NC(=O)[C@H]5C[C@H]5C)cc34)nn12. The van der Waals surface area contributed by atoms with Crippen LogP contribution in [0.3, 0.4) is 0 Å². The highest BCUT2D eigenvalue weighted by molar-refractivity contribution is 6.01. The number of anilines is 3. The van der Waals surface area contributed by atoms with Gasteiger partial charge in [0.15, 0.2) is 23.1 Å². The fraction of sp³-hybridized carbons (Fsp3) is 0.391.